The standard InChI is InChI=1S/C14H15ClN2O/c15-13-9-12(1-2-14(13)18)10-17-8-5-11-3-6-16-7-4-11/h1-4,6-7,9,17-18H,5,8,10H2. The van der Waals surface area contributed by atoms with Crippen molar-refractivity contribution in [1.29, 1.82) is 0 Å². The lowest BCUT2D eigenvalue weighted by atomic mass is 10.2. The number of pyridine rings is 1. The Morgan fingerprint density at radius 3 is 2.61 bits per heavy atom. The Hall–Kier alpha value is -1.58. The van der Waals surface area contributed by atoms with Gasteiger partial charge in [-0.3, -0.25) is 4.98 Å². The first-order chi connectivity index (χ1) is 8.75. The van der Waals surface area contributed by atoms with E-state index in [0.29, 0.717) is 5.02 Å². The molecule has 0 atom stereocenters. The largest absolute Gasteiger partial charge is 0.506 e. The number of rotatable bonds is 5. The monoisotopic (exact) mass is 262 g/mol. The topological polar surface area (TPSA) is 45.1 Å². The molecule has 3 nitrogen and oxygen atoms in total. The molecule has 2 rings (SSSR count). The van der Waals surface area contributed by atoms with E-state index in [-0.39, 0.29) is 5.75 Å². The maximum atomic E-state index is 9.31. The zero-order chi connectivity index (χ0) is 12.8. The fourth-order valence-corrected chi connectivity index (χ4v) is 1.88. The van der Waals surface area contributed by atoms with E-state index < -0.39 is 0 Å². The van der Waals surface area contributed by atoms with Crippen LogP contribution in [0.3, 0.4) is 0 Å². The SMILES string of the molecule is Oc1ccc(CNCCc2ccncc2)cc1Cl. The zero-order valence-electron chi connectivity index (χ0n) is 9.94. The van der Waals surface area contributed by atoms with Crippen LogP contribution in [0.4, 0.5) is 0 Å². The number of phenols is 1. The van der Waals surface area contributed by atoms with E-state index in [1.54, 1.807) is 24.5 Å². The second-order valence-electron chi connectivity index (χ2n) is 4.07. The molecule has 0 amide bonds. The van der Waals surface area contributed by atoms with E-state index in [1.165, 1.54) is 5.56 Å². The van der Waals surface area contributed by atoms with Gasteiger partial charge in [0.05, 0.1) is 5.02 Å². The zero-order valence-corrected chi connectivity index (χ0v) is 10.7. The van der Waals surface area contributed by atoms with Crippen LogP contribution in [0.2, 0.25) is 5.02 Å². The van der Waals surface area contributed by atoms with E-state index in [4.69, 9.17) is 11.6 Å². The Morgan fingerprint density at radius 1 is 1.11 bits per heavy atom. The van der Waals surface area contributed by atoms with Gasteiger partial charge < -0.3 is 10.4 Å². The number of phenolic OH excluding ortho intramolecular Hbond substituents is 1. The van der Waals surface area contributed by atoms with Crippen molar-refractivity contribution in [3.63, 3.8) is 0 Å². The van der Waals surface area contributed by atoms with E-state index in [2.05, 4.69) is 10.3 Å². The first-order valence-corrected chi connectivity index (χ1v) is 6.20. The number of hydrogen-bond acceptors (Lipinski definition) is 3. The predicted octanol–water partition coefficient (Wildman–Crippen LogP) is 2.77. The second-order valence-corrected chi connectivity index (χ2v) is 4.48. The van der Waals surface area contributed by atoms with Crippen molar-refractivity contribution in [2.45, 2.75) is 13.0 Å². The van der Waals surface area contributed by atoms with Crippen molar-refractivity contribution < 1.29 is 5.11 Å². The molecule has 18 heavy (non-hydrogen) atoms. The minimum atomic E-state index is 0.122. The molecule has 1 heterocycles. The van der Waals surface area contributed by atoms with Gasteiger partial charge in [-0.1, -0.05) is 17.7 Å². The first kappa shape index (κ1) is 12.9. The molecule has 0 fully saturated rings. The lowest BCUT2D eigenvalue weighted by Crippen LogP contribution is -2.16. The number of aromatic hydroxyl groups is 1. The summed E-state index contributed by atoms with van der Waals surface area (Å²) in [7, 11) is 0. The molecule has 0 aliphatic rings. The highest BCUT2D eigenvalue weighted by Gasteiger charge is 1.99. The quantitative estimate of drug-likeness (QED) is 0.815. The first-order valence-electron chi connectivity index (χ1n) is 5.83. The molecule has 0 aliphatic heterocycles. The number of nitrogens with one attached hydrogen (secondary N) is 1. The molecule has 0 spiro atoms. The molecule has 2 aromatic rings. The highest BCUT2D eigenvalue weighted by atomic mass is 35.5. The van der Waals surface area contributed by atoms with Gasteiger partial charge in [0, 0.05) is 18.9 Å². The molecular formula is C14H15ClN2O. The number of hydrogen-bond donors (Lipinski definition) is 2. The van der Waals surface area contributed by atoms with Crippen LogP contribution in [0, 0.1) is 0 Å². The average Bonchev–Trinajstić information content (AvgIpc) is 2.40. The molecule has 0 aliphatic carbocycles. The molecule has 0 unspecified atom stereocenters. The van der Waals surface area contributed by atoms with Gasteiger partial charge >= 0.3 is 0 Å². The van der Waals surface area contributed by atoms with Crippen LogP contribution >= 0.6 is 11.6 Å². The Bertz CT molecular complexity index is 502. The summed E-state index contributed by atoms with van der Waals surface area (Å²) in [5.41, 5.74) is 2.33. The van der Waals surface area contributed by atoms with Crippen LogP contribution in [0.1, 0.15) is 11.1 Å². The van der Waals surface area contributed by atoms with Crippen molar-refractivity contribution in [1.82, 2.24) is 10.3 Å². The van der Waals surface area contributed by atoms with Crippen molar-refractivity contribution >= 4 is 11.6 Å². The minimum absolute atomic E-state index is 0.122. The number of nitrogens with zero attached hydrogens (tertiary/aromatic N) is 1. The Labute approximate surface area is 111 Å². The van der Waals surface area contributed by atoms with Gasteiger partial charge in [-0.15, -0.1) is 0 Å². The van der Waals surface area contributed by atoms with Crippen LogP contribution in [0.15, 0.2) is 42.7 Å². The third-order valence-corrected chi connectivity index (χ3v) is 2.98. The molecule has 0 bridgehead atoms. The maximum Gasteiger partial charge on any atom is 0.134 e. The highest BCUT2D eigenvalue weighted by molar-refractivity contribution is 6.32. The summed E-state index contributed by atoms with van der Waals surface area (Å²) in [5, 5.41) is 13.0. The molecule has 0 radical (unpaired) electrons. The van der Waals surface area contributed by atoms with Crippen molar-refractivity contribution in [2.75, 3.05) is 6.54 Å². The minimum Gasteiger partial charge on any atom is -0.506 e. The molecule has 0 saturated heterocycles. The van der Waals surface area contributed by atoms with Crippen LogP contribution in [0.25, 0.3) is 0 Å². The molecule has 4 heteroatoms. The number of aromatic nitrogens is 1. The molecule has 0 saturated carbocycles. The summed E-state index contributed by atoms with van der Waals surface area (Å²) in [4.78, 5) is 3.98. The van der Waals surface area contributed by atoms with E-state index >= 15 is 0 Å². The van der Waals surface area contributed by atoms with E-state index in [1.807, 2.05) is 18.2 Å². The van der Waals surface area contributed by atoms with Gasteiger partial charge in [-0.2, -0.15) is 0 Å². The number of halogens is 1. The van der Waals surface area contributed by atoms with Crippen LogP contribution in [-0.4, -0.2) is 16.6 Å². The fourth-order valence-electron chi connectivity index (χ4n) is 1.68. The van der Waals surface area contributed by atoms with Gasteiger partial charge in [0.25, 0.3) is 0 Å². The van der Waals surface area contributed by atoms with E-state index in [9.17, 15) is 5.11 Å². The summed E-state index contributed by atoms with van der Waals surface area (Å²) in [6.07, 6.45) is 4.57. The lowest BCUT2D eigenvalue weighted by Gasteiger charge is -2.06. The summed E-state index contributed by atoms with van der Waals surface area (Å²) in [6, 6.07) is 9.28. The highest BCUT2D eigenvalue weighted by Crippen LogP contribution is 2.23. The van der Waals surface area contributed by atoms with Crippen LogP contribution in [0.5, 0.6) is 5.75 Å². The second kappa shape index (κ2) is 6.38. The molecule has 1 aromatic heterocycles. The van der Waals surface area contributed by atoms with Gasteiger partial charge in [0.2, 0.25) is 0 Å². The summed E-state index contributed by atoms with van der Waals surface area (Å²) in [5.74, 6) is 0.122. The van der Waals surface area contributed by atoms with Crippen LogP contribution < -0.4 is 5.32 Å². The van der Waals surface area contributed by atoms with Gasteiger partial charge in [0.1, 0.15) is 5.75 Å². The lowest BCUT2D eigenvalue weighted by molar-refractivity contribution is 0.475. The number of benzene rings is 1. The van der Waals surface area contributed by atoms with Gasteiger partial charge in [-0.05, 0) is 48.4 Å². The summed E-state index contributed by atoms with van der Waals surface area (Å²) < 4.78 is 0. The molecular weight excluding hydrogens is 248 g/mol. The Morgan fingerprint density at radius 2 is 1.89 bits per heavy atom. The maximum absolute atomic E-state index is 9.31. The molecule has 1 aromatic carbocycles. The van der Waals surface area contributed by atoms with E-state index in [0.717, 1.165) is 25.1 Å². The van der Waals surface area contributed by atoms with Crippen molar-refractivity contribution in [3.05, 3.63) is 58.9 Å². The van der Waals surface area contributed by atoms with Crippen LogP contribution in [-0.2, 0) is 13.0 Å². The summed E-state index contributed by atoms with van der Waals surface area (Å²) in [6.45, 7) is 1.63. The third kappa shape index (κ3) is 3.72. The van der Waals surface area contributed by atoms with Crippen molar-refractivity contribution in [3.8, 4) is 5.75 Å². The summed E-state index contributed by atoms with van der Waals surface area (Å²) >= 11 is 5.84. The smallest absolute Gasteiger partial charge is 0.134 e. The molecule has 2 N–H and O–H groups in total. The Kier molecular flexibility index (Phi) is 4.56. The van der Waals surface area contributed by atoms with Gasteiger partial charge in [0.15, 0.2) is 0 Å². The Balaban J connectivity index is 1.77. The predicted molar refractivity (Wildman–Crippen MR) is 72.8 cm³/mol. The van der Waals surface area contributed by atoms with Gasteiger partial charge in [-0.25, -0.2) is 0 Å². The van der Waals surface area contributed by atoms with Crippen molar-refractivity contribution in [2.24, 2.45) is 0 Å². The third-order valence-electron chi connectivity index (χ3n) is 2.68. The normalized spacial score (nSPS) is 10.5. The molecule has 94 valence electrons. The average molecular weight is 263 g/mol. The fraction of sp³-hybridized carbons (Fsp3) is 0.214.